The van der Waals surface area contributed by atoms with Gasteiger partial charge in [0, 0.05) is 17.7 Å². The van der Waals surface area contributed by atoms with Crippen LogP contribution in [0.5, 0.6) is 5.75 Å². The van der Waals surface area contributed by atoms with Crippen LogP contribution in [0.25, 0.3) is 11.3 Å². The maximum absolute atomic E-state index is 14.0. The standard InChI is InChI=1S/C26H31FN2O2/c1-3-4-5-6-10-18-29-19(2)28-24(21-14-11-15-23(27)25(21)30)22(26(29)31)17-16-20-12-8-7-9-13-20/h7-9,11-15,30H,3-6,10,16-18H2,1-2H3. The van der Waals surface area contributed by atoms with Gasteiger partial charge < -0.3 is 5.11 Å². The van der Waals surface area contributed by atoms with Crippen LogP contribution in [0.4, 0.5) is 4.39 Å². The Morgan fingerprint density at radius 1 is 0.968 bits per heavy atom. The summed E-state index contributed by atoms with van der Waals surface area (Å²) in [5.41, 5.74) is 2.17. The number of aromatic nitrogens is 2. The molecular weight excluding hydrogens is 391 g/mol. The summed E-state index contributed by atoms with van der Waals surface area (Å²) in [7, 11) is 0. The first kappa shape index (κ1) is 22.7. The summed E-state index contributed by atoms with van der Waals surface area (Å²) >= 11 is 0. The second-order valence-corrected chi connectivity index (χ2v) is 7.98. The van der Waals surface area contributed by atoms with E-state index in [1.54, 1.807) is 17.6 Å². The van der Waals surface area contributed by atoms with Crippen LogP contribution in [0.2, 0.25) is 0 Å². The second kappa shape index (κ2) is 10.9. The Morgan fingerprint density at radius 2 is 1.71 bits per heavy atom. The van der Waals surface area contributed by atoms with Gasteiger partial charge in [0.25, 0.3) is 5.56 Å². The van der Waals surface area contributed by atoms with Crippen molar-refractivity contribution in [1.82, 2.24) is 9.55 Å². The molecule has 0 aliphatic heterocycles. The number of hydrogen-bond donors (Lipinski definition) is 1. The van der Waals surface area contributed by atoms with Gasteiger partial charge in [0.15, 0.2) is 11.6 Å². The number of halogens is 1. The molecule has 0 saturated carbocycles. The van der Waals surface area contributed by atoms with Gasteiger partial charge in [-0.15, -0.1) is 0 Å². The van der Waals surface area contributed by atoms with Crippen LogP contribution in [0, 0.1) is 12.7 Å². The van der Waals surface area contributed by atoms with Gasteiger partial charge in [-0.05, 0) is 43.9 Å². The first-order chi connectivity index (χ1) is 15.0. The SMILES string of the molecule is CCCCCCCn1c(C)nc(-c2cccc(F)c2O)c(CCc2ccccc2)c1=O. The highest BCUT2D eigenvalue weighted by Crippen LogP contribution is 2.32. The highest BCUT2D eigenvalue weighted by atomic mass is 19.1. The third kappa shape index (κ3) is 5.60. The molecule has 31 heavy (non-hydrogen) atoms. The van der Waals surface area contributed by atoms with E-state index in [1.807, 2.05) is 30.3 Å². The normalized spacial score (nSPS) is 11.1. The molecule has 1 N–H and O–H groups in total. The Balaban J connectivity index is 1.98. The number of unbranched alkanes of at least 4 members (excludes halogenated alkanes) is 4. The molecule has 4 nitrogen and oxygen atoms in total. The van der Waals surface area contributed by atoms with Crippen molar-refractivity contribution in [3.63, 3.8) is 0 Å². The van der Waals surface area contributed by atoms with Gasteiger partial charge in [0.2, 0.25) is 0 Å². The molecule has 3 rings (SSSR count). The third-order valence-corrected chi connectivity index (χ3v) is 5.69. The molecule has 0 atom stereocenters. The molecule has 0 unspecified atom stereocenters. The van der Waals surface area contributed by atoms with E-state index in [9.17, 15) is 14.3 Å². The van der Waals surface area contributed by atoms with Gasteiger partial charge >= 0.3 is 0 Å². The Bertz CT molecular complexity index is 1060. The largest absolute Gasteiger partial charge is 0.504 e. The van der Waals surface area contributed by atoms with Crippen molar-refractivity contribution in [3.05, 3.63) is 81.7 Å². The molecule has 2 aromatic carbocycles. The molecule has 0 radical (unpaired) electrons. The molecule has 0 saturated heterocycles. The van der Waals surface area contributed by atoms with Crippen molar-refractivity contribution < 1.29 is 9.50 Å². The molecular formula is C26H31FN2O2. The van der Waals surface area contributed by atoms with E-state index in [1.165, 1.54) is 25.0 Å². The van der Waals surface area contributed by atoms with E-state index in [0.29, 0.717) is 36.5 Å². The highest BCUT2D eigenvalue weighted by Gasteiger charge is 2.20. The zero-order valence-electron chi connectivity index (χ0n) is 18.4. The molecule has 3 aromatic rings. The Morgan fingerprint density at radius 3 is 2.45 bits per heavy atom. The van der Waals surface area contributed by atoms with E-state index in [2.05, 4.69) is 11.9 Å². The van der Waals surface area contributed by atoms with E-state index in [-0.39, 0.29) is 11.1 Å². The van der Waals surface area contributed by atoms with Gasteiger partial charge in [0.1, 0.15) is 5.82 Å². The van der Waals surface area contributed by atoms with Gasteiger partial charge in [-0.25, -0.2) is 9.37 Å². The molecule has 0 bridgehead atoms. The Labute approximate surface area is 183 Å². The fourth-order valence-corrected chi connectivity index (χ4v) is 3.91. The molecule has 0 amide bonds. The Hall–Kier alpha value is -2.95. The molecule has 0 aliphatic carbocycles. The summed E-state index contributed by atoms with van der Waals surface area (Å²) in [6.45, 7) is 4.60. The average Bonchev–Trinajstić information content (AvgIpc) is 2.77. The predicted molar refractivity (Wildman–Crippen MR) is 123 cm³/mol. The molecule has 0 spiro atoms. The van der Waals surface area contributed by atoms with Gasteiger partial charge in [-0.2, -0.15) is 0 Å². The van der Waals surface area contributed by atoms with E-state index in [0.717, 1.165) is 24.8 Å². The molecule has 164 valence electrons. The minimum Gasteiger partial charge on any atom is -0.504 e. The van der Waals surface area contributed by atoms with Crippen LogP contribution < -0.4 is 5.56 Å². The summed E-state index contributed by atoms with van der Waals surface area (Å²) in [6.07, 6.45) is 6.67. The fourth-order valence-electron chi connectivity index (χ4n) is 3.91. The minimum atomic E-state index is -0.717. The molecule has 1 aromatic heterocycles. The lowest BCUT2D eigenvalue weighted by atomic mass is 9.99. The van der Waals surface area contributed by atoms with Crippen molar-refractivity contribution in [2.75, 3.05) is 0 Å². The van der Waals surface area contributed by atoms with Gasteiger partial charge in [0.05, 0.1) is 5.69 Å². The minimum absolute atomic E-state index is 0.0995. The zero-order chi connectivity index (χ0) is 22.2. The van der Waals surface area contributed by atoms with Crippen LogP contribution in [-0.2, 0) is 19.4 Å². The number of aromatic hydroxyl groups is 1. The lowest BCUT2D eigenvalue weighted by molar-refractivity contribution is 0.434. The maximum Gasteiger partial charge on any atom is 0.257 e. The van der Waals surface area contributed by atoms with Crippen molar-refractivity contribution in [2.24, 2.45) is 0 Å². The van der Waals surface area contributed by atoms with Crippen LogP contribution in [0.1, 0.15) is 56.0 Å². The predicted octanol–water partition coefficient (Wildman–Crippen LogP) is 5.82. The van der Waals surface area contributed by atoms with E-state index >= 15 is 0 Å². The van der Waals surface area contributed by atoms with Crippen LogP contribution in [-0.4, -0.2) is 14.7 Å². The van der Waals surface area contributed by atoms with Gasteiger partial charge in [-0.1, -0.05) is 69.0 Å². The van der Waals surface area contributed by atoms with Crippen molar-refractivity contribution in [1.29, 1.82) is 0 Å². The molecule has 0 aliphatic rings. The number of nitrogens with zero attached hydrogens (tertiary/aromatic N) is 2. The van der Waals surface area contributed by atoms with Crippen LogP contribution >= 0.6 is 0 Å². The highest BCUT2D eigenvalue weighted by molar-refractivity contribution is 5.69. The molecule has 5 heteroatoms. The first-order valence-corrected chi connectivity index (χ1v) is 11.1. The average molecular weight is 423 g/mol. The van der Waals surface area contributed by atoms with Crippen molar-refractivity contribution in [3.8, 4) is 17.0 Å². The van der Waals surface area contributed by atoms with E-state index in [4.69, 9.17) is 0 Å². The summed E-state index contributed by atoms with van der Waals surface area (Å²) in [5, 5.41) is 10.3. The number of phenolic OH excluding ortho intramolecular Hbond substituents is 1. The summed E-state index contributed by atoms with van der Waals surface area (Å²) in [6, 6.07) is 14.3. The summed E-state index contributed by atoms with van der Waals surface area (Å²) in [5.74, 6) is -0.597. The van der Waals surface area contributed by atoms with Crippen molar-refractivity contribution in [2.45, 2.75) is 65.3 Å². The topological polar surface area (TPSA) is 55.1 Å². The number of aryl methyl sites for hydroxylation is 2. The lowest BCUT2D eigenvalue weighted by Gasteiger charge is -2.16. The molecule has 1 heterocycles. The number of phenols is 1. The third-order valence-electron chi connectivity index (χ3n) is 5.69. The van der Waals surface area contributed by atoms with Crippen molar-refractivity contribution >= 4 is 0 Å². The monoisotopic (exact) mass is 422 g/mol. The second-order valence-electron chi connectivity index (χ2n) is 7.98. The Kier molecular flexibility index (Phi) is 7.99. The van der Waals surface area contributed by atoms with Gasteiger partial charge in [-0.3, -0.25) is 9.36 Å². The number of rotatable bonds is 10. The smallest absolute Gasteiger partial charge is 0.257 e. The quantitative estimate of drug-likeness (QED) is 0.419. The zero-order valence-corrected chi connectivity index (χ0v) is 18.4. The van der Waals surface area contributed by atoms with Crippen LogP contribution in [0.3, 0.4) is 0 Å². The first-order valence-electron chi connectivity index (χ1n) is 11.1. The van der Waals surface area contributed by atoms with Crippen LogP contribution in [0.15, 0.2) is 53.3 Å². The number of benzene rings is 2. The number of para-hydroxylation sites is 1. The summed E-state index contributed by atoms with van der Waals surface area (Å²) < 4.78 is 15.8. The maximum atomic E-state index is 14.0. The number of hydrogen-bond acceptors (Lipinski definition) is 3. The van der Waals surface area contributed by atoms with E-state index < -0.39 is 11.6 Å². The molecule has 0 fully saturated rings. The lowest BCUT2D eigenvalue weighted by Crippen LogP contribution is -2.28. The summed E-state index contributed by atoms with van der Waals surface area (Å²) in [4.78, 5) is 18.1. The fraction of sp³-hybridized carbons (Fsp3) is 0.385.